The summed E-state index contributed by atoms with van der Waals surface area (Å²) in [7, 11) is 0. The van der Waals surface area contributed by atoms with Crippen molar-refractivity contribution < 1.29 is 14.6 Å². The van der Waals surface area contributed by atoms with Crippen LogP contribution in [0.5, 0.6) is 5.75 Å². The van der Waals surface area contributed by atoms with Crippen molar-refractivity contribution in [2.45, 2.75) is 19.4 Å². The summed E-state index contributed by atoms with van der Waals surface area (Å²) in [5.74, 6) is 0.449. The zero-order chi connectivity index (χ0) is 20.1. The molecule has 1 aromatic heterocycles. The number of aromatic hydroxyl groups is 1. The first-order valence-corrected chi connectivity index (χ1v) is 9.60. The van der Waals surface area contributed by atoms with Crippen molar-refractivity contribution in [2.24, 2.45) is 5.73 Å². The van der Waals surface area contributed by atoms with Gasteiger partial charge in [-0.25, -0.2) is 9.97 Å². The van der Waals surface area contributed by atoms with E-state index in [9.17, 15) is 9.90 Å². The summed E-state index contributed by atoms with van der Waals surface area (Å²) in [4.78, 5) is 23.5. The Morgan fingerprint density at radius 2 is 2.11 bits per heavy atom. The predicted molar refractivity (Wildman–Crippen MR) is 108 cm³/mol. The molecule has 0 radical (unpaired) electrons. The van der Waals surface area contributed by atoms with E-state index in [1.807, 2.05) is 6.92 Å². The lowest BCUT2D eigenvalue weighted by Crippen LogP contribution is -2.41. The molecule has 4 N–H and O–H groups in total. The second-order valence-corrected chi connectivity index (χ2v) is 7.01. The number of nitrogens with two attached hydrogens (primary N) is 1. The molecule has 1 saturated heterocycles. The maximum atomic E-state index is 12.9. The molecule has 2 aromatic rings. The van der Waals surface area contributed by atoms with Crippen LogP contribution >= 0.6 is 11.6 Å². The van der Waals surface area contributed by atoms with Gasteiger partial charge >= 0.3 is 0 Å². The molecule has 1 atom stereocenters. The van der Waals surface area contributed by atoms with Crippen LogP contribution in [0.1, 0.15) is 23.8 Å². The van der Waals surface area contributed by atoms with Gasteiger partial charge in [0.25, 0.3) is 5.91 Å². The second kappa shape index (κ2) is 9.18. The highest BCUT2D eigenvalue weighted by molar-refractivity contribution is 6.30. The molecule has 0 spiro atoms. The van der Waals surface area contributed by atoms with Crippen LogP contribution in [0.4, 0.5) is 5.82 Å². The average molecular weight is 406 g/mol. The van der Waals surface area contributed by atoms with Crippen molar-refractivity contribution in [1.82, 2.24) is 14.9 Å². The SMILES string of the molecule is CC[C@H](N)CNc1cc(C(=O)N2CCOCC2)nc(-c2cc(Cl)ccc2O)n1. The summed E-state index contributed by atoms with van der Waals surface area (Å²) >= 11 is 6.06. The van der Waals surface area contributed by atoms with Gasteiger partial charge in [-0.2, -0.15) is 0 Å². The molecular formula is C19H24ClN5O3. The first-order chi connectivity index (χ1) is 13.5. The van der Waals surface area contributed by atoms with Gasteiger partial charge in [0.1, 0.15) is 17.3 Å². The van der Waals surface area contributed by atoms with Gasteiger partial charge in [0.15, 0.2) is 5.82 Å². The first kappa shape index (κ1) is 20.3. The predicted octanol–water partition coefficient (Wildman–Crippen LogP) is 2.12. The Hall–Kier alpha value is -2.42. The average Bonchev–Trinajstić information content (AvgIpc) is 2.73. The number of morpholine rings is 1. The molecule has 28 heavy (non-hydrogen) atoms. The highest BCUT2D eigenvalue weighted by Gasteiger charge is 2.22. The molecule has 0 unspecified atom stereocenters. The van der Waals surface area contributed by atoms with Crippen LogP contribution < -0.4 is 11.1 Å². The standard InChI is InChI=1S/C19H24ClN5O3/c1-2-13(21)11-22-17-10-15(19(27)25-5-7-28-8-6-25)23-18(24-17)14-9-12(20)3-4-16(14)26/h3-4,9-10,13,26H,2,5-8,11,21H2,1H3,(H,22,23,24)/t13-/m0/s1. The summed E-state index contributed by atoms with van der Waals surface area (Å²) in [6.07, 6.45) is 0.805. The zero-order valence-corrected chi connectivity index (χ0v) is 16.4. The fraction of sp³-hybridized carbons (Fsp3) is 0.421. The van der Waals surface area contributed by atoms with Gasteiger partial charge in [0.05, 0.1) is 18.8 Å². The highest BCUT2D eigenvalue weighted by atomic mass is 35.5. The highest BCUT2D eigenvalue weighted by Crippen LogP contribution is 2.30. The van der Waals surface area contributed by atoms with Crippen LogP contribution in [0, 0.1) is 0 Å². The van der Waals surface area contributed by atoms with Crippen LogP contribution in [0.15, 0.2) is 24.3 Å². The minimum absolute atomic E-state index is 0.0171. The summed E-state index contributed by atoms with van der Waals surface area (Å²) in [6, 6.07) is 6.17. The molecule has 3 rings (SSSR count). The number of nitrogens with zero attached hydrogens (tertiary/aromatic N) is 3. The lowest BCUT2D eigenvalue weighted by atomic mass is 10.1. The molecule has 1 aliphatic rings. The van der Waals surface area contributed by atoms with Crippen LogP contribution in [0.25, 0.3) is 11.4 Å². The Balaban J connectivity index is 1.98. The number of nitrogens with one attached hydrogen (secondary N) is 1. The number of carbonyl (C=O) groups is 1. The molecule has 1 aromatic carbocycles. The Morgan fingerprint density at radius 1 is 1.36 bits per heavy atom. The lowest BCUT2D eigenvalue weighted by molar-refractivity contribution is 0.0299. The van der Waals surface area contributed by atoms with Crippen molar-refractivity contribution in [3.63, 3.8) is 0 Å². The minimum Gasteiger partial charge on any atom is -0.507 e. The molecule has 8 nitrogen and oxygen atoms in total. The molecule has 0 bridgehead atoms. The maximum absolute atomic E-state index is 12.9. The van der Waals surface area contributed by atoms with E-state index < -0.39 is 0 Å². The molecule has 2 heterocycles. The van der Waals surface area contributed by atoms with Crippen LogP contribution in [-0.4, -0.2) is 64.8 Å². The van der Waals surface area contributed by atoms with E-state index in [0.29, 0.717) is 49.3 Å². The molecule has 0 saturated carbocycles. The summed E-state index contributed by atoms with van der Waals surface area (Å²) in [5.41, 5.74) is 6.57. The van der Waals surface area contributed by atoms with Gasteiger partial charge in [-0.05, 0) is 24.6 Å². The third-order valence-electron chi connectivity index (χ3n) is 4.51. The molecule has 1 fully saturated rings. The summed E-state index contributed by atoms with van der Waals surface area (Å²) in [5, 5.41) is 13.8. The number of phenolic OH excluding ortho intramolecular Hbond substituents is 1. The number of rotatable bonds is 6. The Labute approximate surface area is 168 Å². The number of halogens is 1. The van der Waals surface area contributed by atoms with Gasteiger partial charge in [-0.1, -0.05) is 18.5 Å². The molecule has 9 heteroatoms. The largest absolute Gasteiger partial charge is 0.507 e. The fourth-order valence-corrected chi connectivity index (χ4v) is 2.94. The van der Waals surface area contributed by atoms with Crippen molar-refractivity contribution >= 4 is 23.3 Å². The monoisotopic (exact) mass is 405 g/mol. The second-order valence-electron chi connectivity index (χ2n) is 6.58. The number of aromatic nitrogens is 2. The third kappa shape index (κ3) is 4.89. The van der Waals surface area contributed by atoms with Gasteiger partial charge in [-0.15, -0.1) is 0 Å². The number of anilines is 1. The van der Waals surface area contributed by atoms with Crippen LogP contribution in [0.2, 0.25) is 5.02 Å². The van der Waals surface area contributed by atoms with E-state index in [2.05, 4.69) is 15.3 Å². The number of hydrogen-bond donors (Lipinski definition) is 3. The number of ether oxygens (including phenoxy) is 1. The van der Waals surface area contributed by atoms with Crippen molar-refractivity contribution in [3.8, 4) is 17.1 Å². The third-order valence-corrected chi connectivity index (χ3v) is 4.75. The summed E-state index contributed by atoms with van der Waals surface area (Å²) in [6.45, 7) is 4.49. The molecule has 1 aliphatic heterocycles. The molecule has 1 amide bonds. The normalized spacial score (nSPS) is 15.3. The van der Waals surface area contributed by atoms with E-state index >= 15 is 0 Å². The smallest absolute Gasteiger partial charge is 0.272 e. The van der Waals surface area contributed by atoms with E-state index in [4.69, 9.17) is 22.1 Å². The van der Waals surface area contributed by atoms with Crippen LogP contribution in [-0.2, 0) is 4.74 Å². The first-order valence-electron chi connectivity index (χ1n) is 9.22. The summed E-state index contributed by atoms with van der Waals surface area (Å²) < 4.78 is 5.31. The van der Waals surface area contributed by atoms with Crippen LogP contribution in [0.3, 0.4) is 0 Å². The Morgan fingerprint density at radius 3 is 2.82 bits per heavy atom. The zero-order valence-electron chi connectivity index (χ0n) is 15.7. The van der Waals surface area contributed by atoms with E-state index in [-0.39, 0.29) is 29.2 Å². The van der Waals surface area contributed by atoms with E-state index in [0.717, 1.165) is 6.42 Å². The topological polar surface area (TPSA) is 114 Å². The van der Waals surface area contributed by atoms with Gasteiger partial charge in [-0.3, -0.25) is 4.79 Å². The molecular weight excluding hydrogens is 382 g/mol. The quantitative estimate of drug-likeness (QED) is 0.674. The van der Waals surface area contributed by atoms with Gasteiger partial charge < -0.3 is 25.8 Å². The molecule has 0 aliphatic carbocycles. The Kier molecular flexibility index (Phi) is 6.66. The van der Waals surface area contributed by atoms with Crippen molar-refractivity contribution in [2.75, 3.05) is 38.2 Å². The Bertz CT molecular complexity index is 842. The number of amides is 1. The lowest BCUT2D eigenvalue weighted by Gasteiger charge is -2.26. The number of hydrogen-bond acceptors (Lipinski definition) is 7. The van der Waals surface area contributed by atoms with Gasteiger partial charge in [0.2, 0.25) is 0 Å². The minimum atomic E-state index is -0.212. The van der Waals surface area contributed by atoms with E-state index in [1.54, 1.807) is 23.1 Å². The molecule has 150 valence electrons. The number of benzene rings is 1. The number of carbonyl (C=O) groups excluding carboxylic acids is 1. The fourth-order valence-electron chi connectivity index (χ4n) is 2.76. The number of phenols is 1. The van der Waals surface area contributed by atoms with Gasteiger partial charge in [0, 0.05) is 36.8 Å². The van der Waals surface area contributed by atoms with Crippen molar-refractivity contribution in [3.05, 3.63) is 35.0 Å². The maximum Gasteiger partial charge on any atom is 0.272 e. The van der Waals surface area contributed by atoms with E-state index in [1.165, 1.54) is 6.07 Å². The van der Waals surface area contributed by atoms with Crippen molar-refractivity contribution in [1.29, 1.82) is 0 Å².